The first-order valence-corrected chi connectivity index (χ1v) is 9.11. The van der Waals surface area contributed by atoms with E-state index in [1.165, 1.54) is 0 Å². The molecule has 0 saturated carbocycles. The zero-order chi connectivity index (χ0) is 16.2. The molecule has 0 bridgehead atoms. The molecule has 0 aromatic carbocycles. The zero-order valence-corrected chi connectivity index (χ0v) is 14.8. The standard InChI is InChI=1S/C15H29N3O2S/c1-7-16-9-14-8-15(10-18(14)12(4)5)21(19,20)17-13(6)11(2)3/h8,10-13,16-17H,7,9H2,1-6H3. The van der Waals surface area contributed by atoms with Crippen LogP contribution in [0.4, 0.5) is 0 Å². The van der Waals surface area contributed by atoms with Crippen molar-refractivity contribution in [2.45, 2.75) is 65.1 Å². The summed E-state index contributed by atoms with van der Waals surface area (Å²) in [5.41, 5.74) is 0.990. The number of sulfonamides is 1. The highest BCUT2D eigenvalue weighted by atomic mass is 32.2. The minimum absolute atomic E-state index is 0.0883. The Morgan fingerprint density at radius 2 is 1.81 bits per heavy atom. The summed E-state index contributed by atoms with van der Waals surface area (Å²) < 4.78 is 29.7. The van der Waals surface area contributed by atoms with Gasteiger partial charge >= 0.3 is 0 Å². The van der Waals surface area contributed by atoms with Gasteiger partial charge in [0, 0.05) is 30.5 Å². The Kier molecular flexibility index (Phi) is 6.43. The average Bonchev–Trinajstić information content (AvgIpc) is 2.80. The number of nitrogens with zero attached hydrogens (tertiary/aromatic N) is 1. The van der Waals surface area contributed by atoms with Crippen molar-refractivity contribution in [3.63, 3.8) is 0 Å². The van der Waals surface area contributed by atoms with Gasteiger partial charge in [-0.2, -0.15) is 0 Å². The van der Waals surface area contributed by atoms with Crippen LogP contribution in [0, 0.1) is 5.92 Å². The first kappa shape index (κ1) is 18.2. The molecule has 122 valence electrons. The Balaban J connectivity index is 3.07. The van der Waals surface area contributed by atoms with E-state index in [0.29, 0.717) is 11.4 Å². The third kappa shape index (κ3) is 4.83. The lowest BCUT2D eigenvalue weighted by Crippen LogP contribution is -2.35. The second kappa shape index (κ2) is 7.42. The maximum absolute atomic E-state index is 12.5. The highest BCUT2D eigenvalue weighted by Gasteiger charge is 2.22. The first-order chi connectivity index (χ1) is 9.69. The molecule has 0 radical (unpaired) electrons. The SMILES string of the molecule is CCNCc1cc(S(=O)(=O)NC(C)C(C)C)cn1C(C)C. The smallest absolute Gasteiger partial charge is 0.242 e. The minimum atomic E-state index is -3.46. The van der Waals surface area contributed by atoms with E-state index in [1.54, 1.807) is 12.3 Å². The number of aromatic nitrogens is 1. The van der Waals surface area contributed by atoms with Crippen LogP contribution in [-0.4, -0.2) is 25.6 Å². The second-order valence-electron chi connectivity index (χ2n) is 6.10. The van der Waals surface area contributed by atoms with E-state index in [9.17, 15) is 8.42 Å². The quantitative estimate of drug-likeness (QED) is 0.775. The van der Waals surface area contributed by atoms with Gasteiger partial charge in [-0.1, -0.05) is 20.8 Å². The van der Waals surface area contributed by atoms with Crippen molar-refractivity contribution in [2.24, 2.45) is 5.92 Å². The number of nitrogens with one attached hydrogen (secondary N) is 2. The van der Waals surface area contributed by atoms with E-state index >= 15 is 0 Å². The Morgan fingerprint density at radius 3 is 2.29 bits per heavy atom. The lowest BCUT2D eigenvalue weighted by Gasteiger charge is -2.16. The maximum Gasteiger partial charge on any atom is 0.242 e. The molecule has 0 spiro atoms. The van der Waals surface area contributed by atoms with Crippen LogP contribution < -0.4 is 10.0 Å². The molecule has 1 unspecified atom stereocenters. The lowest BCUT2D eigenvalue weighted by molar-refractivity contribution is 0.476. The molecule has 0 aliphatic heterocycles. The molecule has 1 heterocycles. The van der Waals surface area contributed by atoms with Gasteiger partial charge in [-0.25, -0.2) is 13.1 Å². The third-order valence-electron chi connectivity index (χ3n) is 3.67. The van der Waals surface area contributed by atoms with Crippen molar-refractivity contribution < 1.29 is 8.42 Å². The summed E-state index contributed by atoms with van der Waals surface area (Å²) in [5, 5.41) is 3.25. The van der Waals surface area contributed by atoms with E-state index < -0.39 is 10.0 Å². The van der Waals surface area contributed by atoms with Crippen molar-refractivity contribution in [1.82, 2.24) is 14.6 Å². The molecule has 1 rings (SSSR count). The fourth-order valence-electron chi connectivity index (χ4n) is 1.97. The van der Waals surface area contributed by atoms with E-state index in [4.69, 9.17) is 0 Å². The summed E-state index contributed by atoms with van der Waals surface area (Å²) in [6.07, 6.45) is 1.73. The van der Waals surface area contributed by atoms with Gasteiger partial charge in [0.1, 0.15) is 0 Å². The summed E-state index contributed by atoms with van der Waals surface area (Å²) in [5.74, 6) is 0.258. The molecule has 2 N–H and O–H groups in total. The van der Waals surface area contributed by atoms with Crippen molar-refractivity contribution in [1.29, 1.82) is 0 Å². The molecule has 5 nitrogen and oxygen atoms in total. The summed E-state index contributed by atoms with van der Waals surface area (Å²) >= 11 is 0. The summed E-state index contributed by atoms with van der Waals surface area (Å²) in [6, 6.07) is 1.90. The molecule has 6 heteroatoms. The maximum atomic E-state index is 12.5. The van der Waals surface area contributed by atoms with E-state index in [-0.39, 0.29) is 18.0 Å². The molecule has 21 heavy (non-hydrogen) atoms. The molecule has 1 aromatic rings. The van der Waals surface area contributed by atoms with Gasteiger partial charge in [0.25, 0.3) is 0 Å². The molecule has 0 aliphatic rings. The largest absolute Gasteiger partial charge is 0.346 e. The summed E-state index contributed by atoms with van der Waals surface area (Å²) in [6.45, 7) is 13.6. The topological polar surface area (TPSA) is 63.1 Å². The van der Waals surface area contributed by atoms with Crippen LogP contribution in [0.2, 0.25) is 0 Å². The normalized spacial score (nSPS) is 14.1. The van der Waals surface area contributed by atoms with Gasteiger partial charge in [-0.15, -0.1) is 0 Å². The van der Waals surface area contributed by atoms with Gasteiger partial charge < -0.3 is 9.88 Å². The predicted octanol–water partition coefficient (Wildman–Crippen LogP) is 2.50. The highest BCUT2D eigenvalue weighted by Crippen LogP contribution is 2.19. The molecule has 0 fully saturated rings. The van der Waals surface area contributed by atoms with Crippen molar-refractivity contribution in [3.05, 3.63) is 18.0 Å². The Labute approximate surface area is 129 Å². The Hall–Kier alpha value is -0.850. The Bertz CT molecular complexity index is 547. The monoisotopic (exact) mass is 315 g/mol. The number of rotatable bonds is 8. The van der Waals surface area contributed by atoms with Crippen molar-refractivity contribution in [2.75, 3.05) is 6.54 Å². The second-order valence-corrected chi connectivity index (χ2v) is 7.82. The van der Waals surface area contributed by atoms with Gasteiger partial charge in [0.2, 0.25) is 10.0 Å². The fourth-order valence-corrected chi connectivity index (χ4v) is 3.41. The van der Waals surface area contributed by atoms with E-state index in [0.717, 1.165) is 12.2 Å². The van der Waals surface area contributed by atoms with Crippen molar-refractivity contribution >= 4 is 10.0 Å². The number of hydrogen-bond donors (Lipinski definition) is 2. The predicted molar refractivity (Wildman–Crippen MR) is 86.8 cm³/mol. The van der Waals surface area contributed by atoms with Crippen LogP contribution in [0.5, 0.6) is 0 Å². The molecule has 0 saturated heterocycles. The van der Waals surface area contributed by atoms with Gasteiger partial charge in [-0.3, -0.25) is 0 Å². The van der Waals surface area contributed by atoms with Crippen molar-refractivity contribution in [3.8, 4) is 0 Å². The molecular weight excluding hydrogens is 286 g/mol. The number of hydrogen-bond acceptors (Lipinski definition) is 3. The molecule has 1 aromatic heterocycles. The fraction of sp³-hybridized carbons (Fsp3) is 0.733. The third-order valence-corrected chi connectivity index (χ3v) is 5.20. The van der Waals surface area contributed by atoms with Gasteiger partial charge in [0.15, 0.2) is 0 Å². The van der Waals surface area contributed by atoms with Crippen LogP contribution in [0.1, 0.15) is 53.3 Å². The lowest BCUT2D eigenvalue weighted by atomic mass is 10.1. The van der Waals surface area contributed by atoms with E-state index in [2.05, 4.69) is 23.9 Å². The molecular formula is C15H29N3O2S. The zero-order valence-electron chi connectivity index (χ0n) is 14.0. The molecule has 0 amide bonds. The van der Waals surface area contributed by atoms with Crippen LogP contribution in [0.25, 0.3) is 0 Å². The summed E-state index contributed by atoms with van der Waals surface area (Å²) in [7, 11) is -3.46. The highest BCUT2D eigenvalue weighted by molar-refractivity contribution is 7.89. The first-order valence-electron chi connectivity index (χ1n) is 7.62. The van der Waals surface area contributed by atoms with Gasteiger partial charge in [0.05, 0.1) is 4.90 Å². The summed E-state index contributed by atoms with van der Waals surface area (Å²) in [4.78, 5) is 0.344. The minimum Gasteiger partial charge on any atom is -0.346 e. The van der Waals surface area contributed by atoms with Crippen LogP contribution in [0.15, 0.2) is 17.2 Å². The Morgan fingerprint density at radius 1 is 1.19 bits per heavy atom. The van der Waals surface area contributed by atoms with Crippen LogP contribution >= 0.6 is 0 Å². The average molecular weight is 315 g/mol. The van der Waals surface area contributed by atoms with Gasteiger partial charge in [-0.05, 0) is 39.3 Å². The van der Waals surface area contributed by atoms with Crippen LogP contribution in [0.3, 0.4) is 0 Å². The molecule has 1 atom stereocenters. The molecule has 0 aliphatic carbocycles. The van der Waals surface area contributed by atoms with E-state index in [1.807, 2.05) is 32.3 Å². The van der Waals surface area contributed by atoms with Crippen LogP contribution in [-0.2, 0) is 16.6 Å².